The number of nitrogens with one attached hydrogen (secondary N) is 1. The van der Waals surface area contributed by atoms with Gasteiger partial charge in [-0.1, -0.05) is 44.4 Å². The quantitative estimate of drug-likeness (QED) is 0.744. The summed E-state index contributed by atoms with van der Waals surface area (Å²) in [4.78, 5) is 11.9. The molecule has 4 nitrogen and oxygen atoms in total. The second kappa shape index (κ2) is 8.10. The van der Waals surface area contributed by atoms with Gasteiger partial charge in [0.25, 0.3) is 5.56 Å². The van der Waals surface area contributed by atoms with E-state index in [1.54, 1.807) is 12.3 Å². The molecule has 112 valence electrons. The zero-order valence-corrected chi connectivity index (χ0v) is 13.3. The van der Waals surface area contributed by atoms with E-state index >= 15 is 0 Å². The summed E-state index contributed by atoms with van der Waals surface area (Å²) < 4.78 is 1.30. The van der Waals surface area contributed by atoms with Crippen LogP contribution in [-0.2, 0) is 6.54 Å². The highest BCUT2D eigenvalue weighted by atomic mass is 35.5. The molecule has 0 saturated carbocycles. The lowest BCUT2D eigenvalue weighted by molar-refractivity contribution is 0.520. The van der Waals surface area contributed by atoms with Gasteiger partial charge in [0.15, 0.2) is 0 Å². The van der Waals surface area contributed by atoms with Crippen molar-refractivity contribution in [3.05, 3.63) is 34.2 Å². The van der Waals surface area contributed by atoms with Crippen LogP contribution in [-0.4, -0.2) is 15.8 Å². The Balaban J connectivity index is 2.66. The largest absolute Gasteiger partial charge is 0.380 e. The van der Waals surface area contributed by atoms with Gasteiger partial charge in [0, 0.05) is 6.04 Å². The smallest absolute Gasteiger partial charge is 0.287 e. The fourth-order valence-electron chi connectivity index (χ4n) is 1.99. The fraction of sp³-hybridized carbons (Fsp3) is 0.600. The van der Waals surface area contributed by atoms with Crippen molar-refractivity contribution >= 4 is 17.3 Å². The molecule has 20 heavy (non-hydrogen) atoms. The Hall–Kier alpha value is -1.29. The van der Waals surface area contributed by atoms with Crippen LogP contribution in [0.15, 0.2) is 23.6 Å². The highest BCUT2D eigenvalue weighted by molar-refractivity contribution is 6.32. The van der Waals surface area contributed by atoms with Crippen molar-refractivity contribution in [1.29, 1.82) is 0 Å². The lowest BCUT2D eigenvalue weighted by Crippen LogP contribution is -2.25. The second-order valence-electron chi connectivity index (χ2n) is 5.52. The molecule has 0 saturated heterocycles. The summed E-state index contributed by atoms with van der Waals surface area (Å²) in [5, 5.41) is 7.53. The van der Waals surface area contributed by atoms with Crippen molar-refractivity contribution in [2.75, 3.05) is 5.32 Å². The number of hydrogen-bond acceptors (Lipinski definition) is 3. The van der Waals surface area contributed by atoms with Gasteiger partial charge in [-0.3, -0.25) is 4.79 Å². The number of nitrogens with zero attached hydrogens (tertiary/aromatic N) is 2. The van der Waals surface area contributed by atoms with Gasteiger partial charge in [-0.05, 0) is 19.3 Å². The summed E-state index contributed by atoms with van der Waals surface area (Å²) in [6.07, 6.45) is 6.63. The van der Waals surface area contributed by atoms with Crippen LogP contribution in [0.2, 0.25) is 5.02 Å². The van der Waals surface area contributed by atoms with E-state index in [1.807, 2.05) is 0 Å². The van der Waals surface area contributed by atoms with Crippen molar-refractivity contribution in [3.63, 3.8) is 0 Å². The van der Waals surface area contributed by atoms with Gasteiger partial charge in [-0.25, -0.2) is 4.68 Å². The van der Waals surface area contributed by atoms with Gasteiger partial charge in [-0.2, -0.15) is 5.10 Å². The molecule has 1 rings (SSSR count). The molecule has 1 heterocycles. The predicted octanol–water partition coefficient (Wildman–Crippen LogP) is 3.71. The average Bonchev–Trinajstić information content (AvgIpc) is 2.38. The second-order valence-corrected chi connectivity index (χ2v) is 5.90. The number of hydrogen-bond donors (Lipinski definition) is 1. The lowest BCUT2D eigenvalue weighted by atomic mass is 10.0. The Morgan fingerprint density at radius 3 is 2.75 bits per heavy atom. The van der Waals surface area contributed by atoms with Crippen LogP contribution in [0.4, 0.5) is 5.69 Å². The molecule has 0 fully saturated rings. The summed E-state index contributed by atoms with van der Waals surface area (Å²) >= 11 is 6.09. The first-order chi connectivity index (χ1) is 9.45. The normalized spacial score (nSPS) is 12.4. The van der Waals surface area contributed by atoms with Crippen LogP contribution < -0.4 is 10.9 Å². The number of aromatic nitrogens is 2. The van der Waals surface area contributed by atoms with Crippen LogP contribution >= 0.6 is 11.6 Å². The summed E-state index contributed by atoms with van der Waals surface area (Å²) in [6.45, 7) is 10.5. The van der Waals surface area contributed by atoms with Crippen LogP contribution in [0, 0.1) is 5.92 Å². The first-order valence-corrected chi connectivity index (χ1v) is 7.46. The van der Waals surface area contributed by atoms with Crippen molar-refractivity contribution in [3.8, 4) is 0 Å². The van der Waals surface area contributed by atoms with Crippen molar-refractivity contribution in [2.45, 2.75) is 52.6 Å². The Morgan fingerprint density at radius 2 is 2.15 bits per heavy atom. The molecule has 0 aliphatic heterocycles. The third kappa shape index (κ3) is 5.00. The van der Waals surface area contributed by atoms with Gasteiger partial charge >= 0.3 is 0 Å². The molecule has 1 aromatic heterocycles. The highest BCUT2D eigenvalue weighted by Crippen LogP contribution is 2.18. The van der Waals surface area contributed by atoms with E-state index in [2.05, 4.69) is 37.8 Å². The Bertz CT molecular complexity index is 496. The van der Waals surface area contributed by atoms with Gasteiger partial charge in [0.05, 0.1) is 18.4 Å². The van der Waals surface area contributed by atoms with Crippen LogP contribution in [0.5, 0.6) is 0 Å². The van der Waals surface area contributed by atoms with E-state index in [1.165, 1.54) is 11.1 Å². The van der Waals surface area contributed by atoms with Gasteiger partial charge < -0.3 is 5.32 Å². The molecular formula is C15H24ClN3O. The first kappa shape index (κ1) is 16.8. The lowest BCUT2D eigenvalue weighted by Gasteiger charge is -2.16. The molecule has 0 aliphatic carbocycles. The maximum absolute atomic E-state index is 11.9. The molecule has 0 radical (unpaired) electrons. The van der Waals surface area contributed by atoms with E-state index < -0.39 is 0 Å². The maximum atomic E-state index is 11.9. The minimum atomic E-state index is -0.286. The number of rotatable bonds is 8. The molecule has 1 unspecified atom stereocenters. The number of halogens is 1. The molecule has 1 N–H and O–H groups in total. The zero-order valence-electron chi connectivity index (χ0n) is 12.5. The number of allylic oxidation sites excluding steroid dienone is 1. The van der Waals surface area contributed by atoms with E-state index in [0.717, 1.165) is 18.8 Å². The molecule has 0 bridgehead atoms. The predicted molar refractivity (Wildman–Crippen MR) is 85.5 cm³/mol. The Kier molecular flexibility index (Phi) is 6.79. The summed E-state index contributed by atoms with van der Waals surface area (Å²) in [5.74, 6) is 0.718. The Labute approximate surface area is 125 Å². The van der Waals surface area contributed by atoms with Crippen molar-refractivity contribution < 1.29 is 0 Å². The van der Waals surface area contributed by atoms with Crippen molar-refractivity contribution in [2.24, 2.45) is 5.92 Å². The van der Waals surface area contributed by atoms with Gasteiger partial charge in [0.1, 0.15) is 5.02 Å². The summed E-state index contributed by atoms with van der Waals surface area (Å²) in [5.41, 5.74) is 0.319. The van der Waals surface area contributed by atoms with Crippen LogP contribution in [0.25, 0.3) is 0 Å². The third-order valence-electron chi connectivity index (χ3n) is 3.11. The van der Waals surface area contributed by atoms with Gasteiger partial charge in [0.2, 0.25) is 0 Å². The molecule has 5 heteroatoms. The molecule has 0 aliphatic rings. The van der Waals surface area contributed by atoms with E-state index in [0.29, 0.717) is 12.2 Å². The molecule has 1 aromatic rings. The Morgan fingerprint density at radius 1 is 1.45 bits per heavy atom. The first-order valence-electron chi connectivity index (χ1n) is 7.08. The summed E-state index contributed by atoms with van der Waals surface area (Å²) in [6, 6.07) is 0.266. The van der Waals surface area contributed by atoms with Crippen LogP contribution in [0.3, 0.4) is 0 Å². The topological polar surface area (TPSA) is 46.9 Å². The molecule has 0 amide bonds. The van der Waals surface area contributed by atoms with E-state index in [9.17, 15) is 4.79 Å². The average molecular weight is 298 g/mol. The van der Waals surface area contributed by atoms with Crippen molar-refractivity contribution in [1.82, 2.24) is 9.78 Å². The zero-order chi connectivity index (χ0) is 15.1. The van der Waals surface area contributed by atoms with Crippen LogP contribution in [0.1, 0.15) is 40.0 Å². The number of anilines is 1. The monoisotopic (exact) mass is 297 g/mol. The van der Waals surface area contributed by atoms with E-state index in [-0.39, 0.29) is 16.6 Å². The molecule has 0 spiro atoms. The molecular weight excluding hydrogens is 274 g/mol. The standard InChI is InChI=1S/C15H24ClN3O/c1-5-9-19-15(20)14(16)13(10-17-19)18-12(4)8-6-7-11(2)3/h5,10-12,18H,1,6-9H2,2-4H3. The molecule has 1 atom stereocenters. The minimum absolute atomic E-state index is 0.192. The van der Waals surface area contributed by atoms with E-state index in [4.69, 9.17) is 11.6 Å². The van der Waals surface area contributed by atoms with Gasteiger partial charge in [-0.15, -0.1) is 6.58 Å². The maximum Gasteiger partial charge on any atom is 0.287 e. The minimum Gasteiger partial charge on any atom is -0.380 e. The molecule has 0 aromatic carbocycles. The third-order valence-corrected chi connectivity index (χ3v) is 3.47. The fourth-order valence-corrected chi connectivity index (χ4v) is 2.19. The highest BCUT2D eigenvalue weighted by Gasteiger charge is 2.11. The SMILES string of the molecule is C=CCn1ncc(NC(C)CCCC(C)C)c(Cl)c1=O. The summed E-state index contributed by atoms with van der Waals surface area (Å²) in [7, 11) is 0.